The second-order valence-electron chi connectivity index (χ2n) is 15.5. The summed E-state index contributed by atoms with van der Waals surface area (Å²) in [6.07, 6.45) is 25.7. The zero-order valence-electron chi connectivity index (χ0n) is 31.4. The van der Waals surface area contributed by atoms with Crippen LogP contribution in [0.3, 0.4) is 0 Å². The molecule has 0 amide bonds. The van der Waals surface area contributed by atoms with Gasteiger partial charge in [0.05, 0.1) is 11.0 Å². The Balaban J connectivity index is 1.08. The van der Waals surface area contributed by atoms with Crippen molar-refractivity contribution >= 4 is 76.8 Å². The fourth-order valence-corrected chi connectivity index (χ4v) is 9.46. The zero-order chi connectivity index (χ0) is 37.0. The van der Waals surface area contributed by atoms with Crippen LogP contribution in [-0.2, 0) is 0 Å². The minimum atomic E-state index is 0.425. The minimum absolute atomic E-state index is 0.425. The van der Waals surface area contributed by atoms with Crippen molar-refractivity contribution < 1.29 is 0 Å². The van der Waals surface area contributed by atoms with Crippen molar-refractivity contribution in [3.63, 3.8) is 0 Å². The number of anilines is 2. The Morgan fingerprint density at radius 3 is 1.96 bits per heavy atom. The van der Waals surface area contributed by atoms with Gasteiger partial charge in [0.15, 0.2) is 0 Å². The number of benzene rings is 7. The molecule has 3 aliphatic carbocycles. The van der Waals surface area contributed by atoms with E-state index < -0.39 is 0 Å². The molecule has 0 bridgehead atoms. The lowest BCUT2D eigenvalue weighted by molar-refractivity contribution is 0.852. The molecule has 0 aliphatic heterocycles. The molecule has 1 unspecified atom stereocenters. The summed E-state index contributed by atoms with van der Waals surface area (Å²) in [5.74, 6) is 0.425. The predicted molar refractivity (Wildman–Crippen MR) is 241 cm³/mol. The summed E-state index contributed by atoms with van der Waals surface area (Å²) in [7, 11) is 0. The lowest BCUT2D eigenvalue weighted by atomic mass is 9.92. The van der Waals surface area contributed by atoms with Gasteiger partial charge in [0.1, 0.15) is 0 Å². The highest BCUT2D eigenvalue weighted by atomic mass is 15.2. The molecular formula is C54H42N2. The van der Waals surface area contributed by atoms with Crippen molar-refractivity contribution in [2.75, 3.05) is 4.90 Å². The van der Waals surface area contributed by atoms with Crippen LogP contribution in [0.1, 0.15) is 49.1 Å². The molecule has 0 N–H and O–H groups in total. The van der Waals surface area contributed by atoms with Crippen LogP contribution in [0.5, 0.6) is 0 Å². The Labute approximate surface area is 328 Å². The Hall–Kier alpha value is -6.64. The van der Waals surface area contributed by atoms with Gasteiger partial charge in [-0.3, -0.25) is 0 Å². The molecule has 0 spiro atoms. The number of hydrogen-bond donors (Lipinski definition) is 0. The third-order valence-corrected chi connectivity index (χ3v) is 12.2. The maximum atomic E-state index is 2.59. The maximum Gasteiger partial charge on any atom is 0.0622 e. The highest BCUT2D eigenvalue weighted by molar-refractivity contribution is 6.33. The van der Waals surface area contributed by atoms with Gasteiger partial charge in [-0.25, -0.2) is 0 Å². The molecule has 2 heteroatoms. The van der Waals surface area contributed by atoms with Gasteiger partial charge >= 0.3 is 0 Å². The first-order chi connectivity index (χ1) is 27.8. The molecule has 3 aliphatic rings. The van der Waals surface area contributed by atoms with Crippen LogP contribution < -0.4 is 4.90 Å². The van der Waals surface area contributed by atoms with Crippen molar-refractivity contribution in [3.8, 4) is 0 Å². The van der Waals surface area contributed by atoms with Crippen LogP contribution >= 0.6 is 0 Å². The summed E-state index contributed by atoms with van der Waals surface area (Å²) in [6, 6.07) is 50.0. The third-order valence-electron chi connectivity index (χ3n) is 12.2. The minimum Gasteiger partial charge on any atom is -0.314 e. The topological polar surface area (TPSA) is 8.17 Å². The second-order valence-corrected chi connectivity index (χ2v) is 15.5. The van der Waals surface area contributed by atoms with Crippen molar-refractivity contribution in [1.82, 2.24) is 4.57 Å². The van der Waals surface area contributed by atoms with Crippen molar-refractivity contribution in [2.24, 2.45) is 0 Å². The maximum absolute atomic E-state index is 2.59. The van der Waals surface area contributed by atoms with Crippen LogP contribution in [0.15, 0.2) is 194 Å². The van der Waals surface area contributed by atoms with Gasteiger partial charge in [0.25, 0.3) is 0 Å². The molecule has 0 fully saturated rings. The van der Waals surface area contributed by atoms with E-state index in [1.807, 2.05) is 0 Å². The first kappa shape index (κ1) is 32.8. The fourth-order valence-electron chi connectivity index (χ4n) is 9.46. The van der Waals surface area contributed by atoms with Crippen molar-refractivity contribution in [2.45, 2.75) is 38.0 Å². The molecule has 2 nitrogen and oxygen atoms in total. The molecule has 8 aromatic rings. The zero-order valence-corrected chi connectivity index (χ0v) is 31.4. The molecule has 1 heterocycles. The summed E-state index contributed by atoms with van der Waals surface area (Å²) in [4.78, 5) is 2.48. The Morgan fingerprint density at radius 1 is 0.571 bits per heavy atom. The van der Waals surface area contributed by atoms with E-state index in [0.717, 1.165) is 32.1 Å². The van der Waals surface area contributed by atoms with E-state index in [1.54, 1.807) is 0 Å². The number of hydrogen-bond acceptors (Lipinski definition) is 1. The lowest BCUT2D eigenvalue weighted by Gasteiger charge is -2.31. The first-order valence-electron chi connectivity index (χ1n) is 20.2. The van der Waals surface area contributed by atoms with Crippen LogP contribution in [0.4, 0.5) is 11.4 Å². The highest BCUT2D eigenvalue weighted by Crippen LogP contribution is 2.45. The van der Waals surface area contributed by atoms with Gasteiger partial charge in [0, 0.05) is 44.8 Å². The van der Waals surface area contributed by atoms with Crippen LogP contribution in [-0.4, -0.2) is 4.57 Å². The lowest BCUT2D eigenvalue weighted by Crippen LogP contribution is -2.18. The van der Waals surface area contributed by atoms with Gasteiger partial charge in [-0.1, -0.05) is 140 Å². The average molecular weight is 719 g/mol. The molecule has 0 saturated heterocycles. The van der Waals surface area contributed by atoms with Gasteiger partial charge < -0.3 is 9.47 Å². The monoisotopic (exact) mass is 718 g/mol. The number of allylic oxidation sites excluding steroid dienone is 12. The third kappa shape index (κ3) is 5.47. The smallest absolute Gasteiger partial charge is 0.0622 e. The molecule has 1 atom stereocenters. The molecular weight excluding hydrogens is 677 g/mol. The van der Waals surface area contributed by atoms with E-state index in [2.05, 4.69) is 198 Å². The molecule has 7 aromatic carbocycles. The first-order valence-corrected chi connectivity index (χ1v) is 20.2. The summed E-state index contributed by atoms with van der Waals surface area (Å²) in [5.41, 5.74) is 11.5. The predicted octanol–water partition coefficient (Wildman–Crippen LogP) is 14.9. The van der Waals surface area contributed by atoms with Crippen molar-refractivity contribution in [3.05, 3.63) is 205 Å². The molecule has 11 rings (SSSR count). The summed E-state index contributed by atoms with van der Waals surface area (Å²) < 4.78 is 2.59. The highest BCUT2D eigenvalue weighted by Gasteiger charge is 2.24. The van der Waals surface area contributed by atoms with Crippen molar-refractivity contribution in [1.29, 1.82) is 0 Å². The number of rotatable bonds is 6. The molecule has 0 saturated carbocycles. The van der Waals surface area contributed by atoms with E-state index in [0.29, 0.717) is 5.92 Å². The SMILES string of the molecule is C1=CCC(c2ccc(N(C3=CC=C(n4c5cc6ccccc6cc5c5c6ccccc6c6ccccc6c54)CC3)c3ccc(C4=CCCC=C4)cc3)cc2)C=C1. The van der Waals surface area contributed by atoms with Gasteiger partial charge in [-0.15, -0.1) is 0 Å². The molecule has 268 valence electrons. The second kappa shape index (κ2) is 13.6. The summed E-state index contributed by atoms with van der Waals surface area (Å²) in [6.45, 7) is 0. The largest absolute Gasteiger partial charge is 0.314 e. The number of fused-ring (bicyclic) bond motifs is 9. The number of aromatic nitrogens is 1. The summed E-state index contributed by atoms with van der Waals surface area (Å²) >= 11 is 0. The molecule has 0 radical (unpaired) electrons. The fraction of sp³-hybridized carbons (Fsp3) is 0.111. The molecule has 56 heavy (non-hydrogen) atoms. The molecule has 1 aromatic heterocycles. The van der Waals surface area contributed by atoms with E-state index in [9.17, 15) is 0 Å². The summed E-state index contributed by atoms with van der Waals surface area (Å²) in [5, 5.41) is 10.4. The van der Waals surface area contributed by atoms with Gasteiger partial charge in [-0.05, 0) is 124 Å². The van der Waals surface area contributed by atoms with E-state index >= 15 is 0 Å². The van der Waals surface area contributed by atoms with E-state index in [1.165, 1.54) is 93.6 Å². The van der Waals surface area contributed by atoms with E-state index in [-0.39, 0.29) is 0 Å². The Morgan fingerprint density at radius 2 is 1.27 bits per heavy atom. The normalized spacial score (nSPS) is 16.9. The van der Waals surface area contributed by atoms with Crippen LogP contribution in [0.25, 0.3) is 65.4 Å². The Kier molecular flexibility index (Phi) is 7.95. The van der Waals surface area contributed by atoms with Gasteiger partial charge in [-0.2, -0.15) is 0 Å². The Bertz CT molecular complexity index is 3030. The van der Waals surface area contributed by atoms with E-state index in [4.69, 9.17) is 0 Å². The van der Waals surface area contributed by atoms with Gasteiger partial charge in [0.2, 0.25) is 0 Å². The average Bonchev–Trinajstić information content (AvgIpc) is 3.61. The standard InChI is InChI=1S/C54H42N2/c1-3-13-37(14-4-1)39-23-27-43(28-24-39)55(44-29-25-40(26-30-44)38-15-5-2-6-16-38)45-31-33-46(34-32-45)56-52-36-42-18-8-7-17-41(42)35-51(52)53-49-21-11-9-19-47(49)48-20-10-12-22-50(48)54(53)56/h1,3-5,7-13,15-31,33,35-37H,2,6,14,32,34H2. The number of nitrogens with zero attached hydrogens (tertiary/aromatic N) is 2. The quantitative estimate of drug-likeness (QED) is 0.155. The van der Waals surface area contributed by atoms with Crippen LogP contribution in [0.2, 0.25) is 0 Å². The van der Waals surface area contributed by atoms with Crippen LogP contribution in [0, 0.1) is 0 Å².